The Kier molecular flexibility index (Phi) is 3.78. The Morgan fingerprint density at radius 3 is 2.88 bits per heavy atom. The summed E-state index contributed by atoms with van der Waals surface area (Å²) < 4.78 is 7.33. The van der Waals surface area contributed by atoms with Gasteiger partial charge in [-0.25, -0.2) is 0 Å². The lowest BCUT2D eigenvalue weighted by Gasteiger charge is -2.09. The number of hydrogen-bond donors (Lipinski definition) is 0. The van der Waals surface area contributed by atoms with Crippen LogP contribution in [0.3, 0.4) is 0 Å². The van der Waals surface area contributed by atoms with Crippen molar-refractivity contribution in [2.45, 2.75) is 25.7 Å². The van der Waals surface area contributed by atoms with Gasteiger partial charge in [0.2, 0.25) is 5.78 Å². The van der Waals surface area contributed by atoms with Gasteiger partial charge in [0, 0.05) is 13.2 Å². The second-order valence-corrected chi connectivity index (χ2v) is 4.59. The molecule has 1 aromatic heterocycles. The van der Waals surface area contributed by atoms with Gasteiger partial charge in [-0.2, -0.15) is 0 Å². The summed E-state index contributed by atoms with van der Waals surface area (Å²) in [6.45, 7) is 0.963. The molecule has 3 nitrogen and oxygen atoms in total. The van der Waals surface area contributed by atoms with Gasteiger partial charge in [0.05, 0.1) is 12.3 Å². The lowest BCUT2D eigenvalue weighted by Crippen LogP contribution is -2.15. The molecule has 2 rings (SSSR count). The van der Waals surface area contributed by atoms with Crippen LogP contribution in [0.15, 0.2) is 18.3 Å². The normalized spacial score (nSPS) is 16.8. The fourth-order valence-electron chi connectivity index (χ4n) is 2.32. The van der Waals surface area contributed by atoms with Crippen molar-refractivity contribution < 1.29 is 9.53 Å². The van der Waals surface area contributed by atoms with E-state index in [1.807, 2.05) is 29.9 Å². The molecule has 16 heavy (non-hydrogen) atoms. The number of aryl methyl sites for hydroxylation is 1. The standard InChI is InChI=1S/C13H19NO2/c1-14-8-4-7-12(14)13(15)10-16-9-11-5-2-3-6-11/h4,7-8,11H,2-3,5-6,9-10H2,1H3. The summed E-state index contributed by atoms with van der Waals surface area (Å²) in [5.41, 5.74) is 0.728. The molecule has 0 radical (unpaired) electrons. The number of carbonyl (C=O) groups is 1. The third-order valence-corrected chi connectivity index (χ3v) is 3.29. The quantitative estimate of drug-likeness (QED) is 0.715. The topological polar surface area (TPSA) is 31.2 Å². The summed E-state index contributed by atoms with van der Waals surface area (Å²) >= 11 is 0. The number of aromatic nitrogens is 1. The van der Waals surface area contributed by atoms with Crippen molar-refractivity contribution in [3.63, 3.8) is 0 Å². The summed E-state index contributed by atoms with van der Waals surface area (Å²) in [6.07, 6.45) is 7.04. The average Bonchev–Trinajstić information content (AvgIpc) is 2.88. The zero-order valence-corrected chi connectivity index (χ0v) is 9.82. The van der Waals surface area contributed by atoms with Crippen LogP contribution >= 0.6 is 0 Å². The van der Waals surface area contributed by atoms with Crippen molar-refractivity contribution in [3.05, 3.63) is 24.0 Å². The van der Waals surface area contributed by atoms with E-state index in [1.165, 1.54) is 25.7 Å². The molecule has 1 saturated carbocycles. The van der Waals surface area contributed by atoms with Crippen LogP contribution in [0.1, 0.15) is 36.2 Å². The van der Waals surface area contributed by atoms with Gasteiger partial charge in [-0.3, -0.25) is 4.79 Å². The number of rotatable bonds is 5. The van der Waals surface area contributed by atoms with Gasteiger partial charge in [-0.15, -0.1) is 0 Å². The van der Waals surface area contributed by atoms with E-state index in [0.29, 0.717) is 5.92 Å². The lowest BCUT2D eigenvalue weighted by atomic mass is 10.1. The van der Waals surface area contributed by atoms with Crippen LogP contribution in [-0.4, -0.2) is 23.6 Å². The maximum Gasteiger partial charge on any atom is 0.204 e. The van der Waals surface area contributed by atoms with Crippen LogP contribution in [0.4, 0.5) is 0 Å². The molecule has 0 aromatic carbocycles. The fraction of sp³-hybridized carbons (Fsp3) is 0.615. The van der Waals surface area contributed by atoms with Crippen molar-refractivity contribution in [2.24, 2.45) is 13.0 Å². The molecule has 3 heteroatoms. The highest BCUT2D eigenvalue weighted by atomic mass is 16.5. The highest BCUT2D eigenvalue weighted by molar-refractivity contribution is 5.95. The SMILES string of the molecule is Cn1cccc1C(=O)COCC1CCCC1. The smallest absolute Gasteiger partial charge is 0.204 e. The molecule has 0 saturated heterocycles. The molecule has 0 N–H and O–H groups in total. The molecule has 0 amide bonds. The van der Waals surface area contributed by atoms with Crippen LogP contribution in [0.25, 0.3) is 0 Å². The number of ether oxygens (including phenoxy) is 1. The van der Waals surface area contributed by atoms with E-state index in [0.717, 1.165) is 12.3 Å². The number of carbonyl (C=O) groups excluding carboxylic acids is 1. The number of ketones is 1. The predicted molar refractivity (Wildman–Crippen MR) is 62.5 cm³/mol. The van der Waals surface area contributed by atoms with Gasteiger partial charge in [0.1, 0.15) is 6.61 Å². The van der Waals surface area contributed by atoms with E-state index in [-0.39, 0.29) is 12.4 Å². The molecule has 0 atom stereocenters. The van der Waals surface area contributed by atoms with Crippen LogP contribution in [0.5, 0.6) is 0 Å². The molecule has 88 valence electrons. The average molecular weight is 221 g/mol. The minimum absolute atomic E-state index is 0.0745. The first-order valence-corrected chi connectivity index (χ1v) is 5.99. The Hall–Kier alpha value is -1.09. The van der Waals surface area contributed by atoms with Gasteiger partial charge in [-0.1, -0.05) is 12.8 Å². The minimum Gasteiger partial charge on any atom is -0.373 e. The Bertz CT molecular complexity index is 351. The van der Waals surface area contributed by atoms with Crippen LogP contribution < -0.4 is 0 Å². The molecule has 1 heterocycles. The molecule has 1 fully saturated rings. The molecular weight excluding hydrogens is 202 g/mol. The summed E-state index contributed by atoms with van der Waals surface area (Å²) in [4.78, 5) is 11.8. The van der Waals surface area contributed by atoms with Crippen molar-refractivity contribution >= 4 is 5.78 Å². The zero-order valence-electron chi connectivity index (χ0n) is 9.82. The van der Waals surface area contributed by atoms with E-state index in [9.17, 15) is 4.79 Å². The van der Waals surface area contributed by atoms with Gasteiger partial charge >= 0.3 is 0 Å². The van der Waals surface area contributed by atoms with Crippen molar-refractivity contribution in [1.82, 2.24) is 4.57 Å². The molecule has 0 spiro atoms. The highest BCUT2D eigenvalue weighted by Gasteiger charge is 2.16. The predicted octanol–water partition coefficient (Wildman–Crippen LogP) is 2.41. The van der Waals surface area contributed by atoms with E-state index in [1.54, 1.807) is 0 Å². The largest absolute Gasteiger partial charge is 0.373 e. The summed E-state index contributed by atoms with van der Waals surface area (Å²) in [5.74, 6) is 0.756. The maximum atomic E-state index is 11.8. The molecular formula is C13H19NO2. The molecule has 1 aromatic rings. The second kappa shape index (κ2) is 5.30. The third-order valence-electron chi connectivity index (χ3n) is 3.29. The van der Waals surface area contributed by atoms with E-state index >= 15 is 0 Å². The van der Waals surface area contributed by atoms with Crippen LogP contribution in [-0.2, 0) is 11.8 Å². The first-order chi connectivity index (χ1) is 7.77. The summed E-state index contributed by atoms with van der Waals surface area (Å²) in [5, 5.41) is 0. The van der Waals surface area contributed by atoms with Crippen molar-refractivity contribution in [3.8, 4) is 0 Å². The van der Waals surface area contributed by atoms with Gasteiger partial charge < -0.3 is 9.30 Å². The Morgan fingerprint density at radius 1 is 1.50 bits per heavy atom. The molecule has 0 aliphatic heterocycles. The highest BCUT2D eigenvalue weighted by Crippen LogP contribution is 2.24. The Labute approximate surface area is 96.4 Å². The summed E-state index contributed by atoms with van der Waals surface area (Å²) in [6, 6.07) is 3.71. The zero-order chi connectivity index (χ0) is 11.4. The Morgan fingerprint density at radius 2 is 2.25 bits per heavy atom. The maximum absolute atomic E-state index is 11.8. The fourth-order valence-corrected chi connectivity index (χ4v) is 2.32. The van der Waals surface area contributed by atoms with E-state index in [4.69, 9.17) is 4.74 Å². The molecule has 0 unspecified atom stereocenters. The lowest BCUT2D eigenvalue weighted by molar-refractivity contribution is 0.0674. The molecule has 1 aliphatic carbocycles. The van der Waals surface area contributed by atoms with Crippen molar-refractivity contribution in [2.75, 3.05) is 13.2 Å². The first kappa shape index (κ1) is 11.4. The number of Topliss-reactive ketones (excluding diaryl/α,β-unsaturated/α-hetero) is 1. The monoisotopic (exact) mass is 221 g/mol. The van der Waals surface area contributed by atoms with Gasteiger partial charge in [-0.05, 0) is 30.9 Å². The summed E-state index contributed by atoms with van der Waals surface area (Å²) in [7, 11) is 1.88. The van der Waals surface area contributed by atoms with Gasteiger partial charge in [0.15, 0.2) is 0 Å². The Balaban J connectivity index is 1.73. The number of hydrogen-bond acceptors (Lipinski definition) is 2. The first-order valence-electron chi connectivity index (χ1n) is 5.99. The number of nitrogens with zero attached hydrogens (tertiary/aromatic N) is 1. The molecule has 1 aliphatic rings. The minimum atomic E-state index is 0.0745. The van der Waals surface area contributed by atoms with E-state index in [2.05, 4.69) is 0 Å². The van der Waals surface area contributed by atoms with Crippen LogP contribution in [0, 0.1) is 5.92 Å². The van der Waals surface area contributed by atoms with Gasteiger partial charge in [0.25, 0.3) is 0 Å². The third kappa shape index (κ3) is 2.73. The van der Waals surface area contributed by atoms with Crippen molar-refractivity contribution in [1.29, 1.82) is 0 Å². The van der Waals surface area contributed by atoms with E-state index < -0.39 is 0 Å². The molecule has 0 bridgehead atoms. The second-order valence-electron chi connectivity index (χ2n) is 4.59. The van der Waals surface area contributed by atoms with Crippen LogP contribution in [0.2, 0.25) is 0 Å².